The van der Waals surface area contributed by atoms with E-state index in [9.17, 15) is 22.0 Å². The minimum absolute atomic E-state index is 0.0449. The smallest absolute Gasteiger partial charge is 0.326 e. The topological polar surface area (TPSA) is 87.7 Å². The number of hydrogen-bond donors (Lipinski definition) is 2. The minimum atomic E-state index is -4.26. The number of fused-ring (bicyclic) bond motifs is 1. The van der Waals surface area contributed by atoms with E-state index in [1.807, 2.05) is 35.1 Å². The van der Waals surface area contributed by atoms with Crippen LogP contribution in [0.5, 0.6) is 5.75 Å². The predicted octanol–water partition coefficient (Wildman–Crippen LogP) is 3.08. The molecule has 2 aliphatic rings. The summed E-state index contributed by atoms with van der Waals surface area (Å²) in [6.45, 7) is -0.0687. The molecule has 1 fully saturated rings. The van der Waals surface area contributed by atoms with E-state index >= 15 is 4.39 Å². The summed E-state index contributed by atoms with van der Waals surface area (Å²) in [6.07, 6.45) is -0.782. The van der Waals surface area contributed by atoms with Gasteiger partial charge in [-0.05, 0) is 55.0 Å². The van der Waals surface area contributed by atoms with Gasteiger partial charge in [-0.15, -0.1) is 0 Å². The van der Waals surface area contributed by atoms with Crippen molar-refractivity contribution in [2.24, 2.45) is 0 Å². The molecule has 7 nitrogen and oxygen atoms in total. The number of benzene rings is 2. The van der Waals surface area contributed by atoms with Crippen LogP contribution in [0.1, 0.15) is 36.0 Å². The first-order valence-electron chi connectivity index (χ1n) is 11.1. The number of hydrogen-bond acceptors (Lipinski definition) is 5. The van der Waals surface area contributed by atoms with Crippen LogP contribution >= 0.6 is 0 Å². The number of rotatable bonds is 9. The zero-order valence-corrected chi connectivity index (χ0v) is 19.2. The Balaban J connectivity index is 1.62. The molecule has 0 bridgehead atoms. The lowest BCUT2D eigenvalue weighted by Crippen LogP contribution is -2.36. The molecule has 0 radical (unpaired) electrons. The standard InChI is InChI=1S/C23H26F3N3O4S/c24-20(25)7-4-10-27-17-9-8-16-11-19(33-14-15-5-2-1-3-6-15)23(22(26)18(16)12-17)29-13-21(30)28-34(29,31)32/h1-3,5-6,11,17,20,27H,4,7-10,12-14H2,(H,28,30). The summed E-state index contributed by atoms with van der Waals surface area (Å²) in [5, 5.41) is 3.19. The number of alkyl halides is 2. The molecule has 2 aromatic rings. The molecule has 34 heavy (non-hydrogen) atoms. The van der Waals surface area contributed by atoms with E-state index in [0.29, 0.717) is 41.2 Å². The first kappa shape index (κ1) is 24.3. The monoisotopic (exact) mass is 497 g/mol. The molecule has 1 unspecified atom stereocenters. The van der Waals surface area contributed by atoms with Gasteiger partial charge in [-0.3, -0.25) is 4.79 Å². The van der Waals surface area contributed by atoms with Gasteiger partial charge in [0, 0.05) is 12.5 Å². The van der Waals surface area contributed by atoms with Crippen molar-refractivity contribution in [1.29, 1.82) is 0 Å². The molecule has 1 heterocycles. The van der Waals surface area contributed by atoms with Crippen molar-refractivity contribution >= 4 is 21.8 Å². The Hall–Kier alpha value is -2.79. The van der Waals surface area contributed by atoms with Gasteiger partial charge in [-0.1, -0.05) is 30.3 Å². The highest BCUT2D eigenvalue weighted by molar-refractivity contribution is 7.92. The predicted molar refractivity (Wildman–Crippen MR) is 121 cm³/mol. The fraction of sp³-hybridized carbons (Fsp3) is 0.435. The molecule has 0 aromatic heterocycles. The summed E-state index contributed by atoms with van der Waals surface area (Å²) in [7, 11) is -4.26. The fourth-order valence-electron chi connectivity index (χ4n) is 4.29. The molecule has 2 aromatic carbocycles. The van der Waals surface area contributed by atoms with Crippen LogP contribution < -0.4 is 19.1 Å². The third-order valence-corrected chi connectivity index (χ3v) is 7.33. The molecule has 0 spiro atoms. The summed E-state index contributed by atoms with van der Waals surface area (Å²) in [4.78, 5) is 11.8. The molecule has 1 aliphatic carbocycles. The average molecular weight is 498 g/mol. The van der Waals surface area contributed by atoms with Crippen LogP contribution in [0.2, 0.25) is 0 Å². The largest absolute Gasteiger partial charge is 0.487 e. The average Bonchev–Trinajstić information content (AvgIpc) is 3.07. The summed E-state index contributed by atoms with van der Waals surface area (Å²) in [5.74, 6) is -1.46. The number of carbonyl (C=O) groups is 1. The first-order chi connectivity index (χ1) is 16.2. The summed E-state index contributed by atoms with van der Waals surface area (Å²) in [5.41, 5.74) is 1.56. The Kier molecular flexibility index (Phi) is 7.32. The van der Waals surface area contributed by atoms with E-state index in [1.165, 1.54) is 0 Å². The second kappa shape index (κ2) is 10.2. The SMILES string of the molecule is O=C1CN(c2c(OCc3ccccc3)cc3c(c2F)CC(NCCCC(F)F)CC3)S(=O)(=O)N1. The number of aryl methyl sites for hydroxylation is 1. The van der Waals surface area contributed by atoms with E-state index in [0.717, 1.165) is 5.56 Å². The van der Waals surface area contributed by atoms with Crippen LogP contribution in [-0.4, -0.2) is 39.9 Å². The number of nitrogens with one attached hydrogen (secondary N) is 2. The van der Waals surface area contributed by atoms with Gasteiger partial charge in [0.15, 0.2) is 5.82 Å². The Morgan fingerprint density at radius 3 is 2.68 bits per heavy atom. The Morgan fingerprint density at radius 1 is 1.24 bits per heavy atom. The normalized spacial score (nSPS) is 19.2. The third kappa shape index (κ3) is 5.47. The van der Waals surface area contributed by atoms with Crippen LogP contribution in [0, 0.1) is 5.82 Å². The van der Waals surface area contributed by atoms with Crippen molar-refractivity contribution in [1.82, 2.24) is 10.0 Å². The number of ether oxygens (including phenoxy) is 1. The summed E-state index contributed by atoms with van der Waals surface area (Å²) < 4.78 is 74.1. The van der Waals surface area contributed by atoms with Crippen LogP contribution in [-0.2, 0) is 34.5 Å². The molecular weight excluding hydrogens is 471 g/mol. The van der Waals surface area contributed by atoms with Crippen molar-refractivity contribution in [2.45, 2.75) is 51.2 Å². The van der Waals surface area contributed by atoms with E-state index in [1.54, 1.807) is 6.07 Å². The van der Waals surface area contributed by atoms with Gasteiger partial charge in [-0.2, -0.15) is 8.42 Å². The number of amides is 1. The number of carbonyl (C=O) groups excluding carboxylic acids is 1. The second-order valence-corrected chi connectivity index (χ2v) is 10.0. The lowest BCUT2D eigenvalue weighted by atomic mass is 9.87. The zero-order chi connectivity index (χ0) is 24.3. The third-order valence-electron chi connectivity index (χ3n) is 5.95. The van der Waals surface area contributed by atoms with Crippen LogP contribution in [0.15, 0.2) is 36.4 Å². The van der Waals surface area contributed by atoms with Crippen molar-refractivity contribution in [3.63, 3.8) is 0 Å². The fourth-order valence-corrected chi connectivity index (χ4v) is 5.45. The molecule has 1 atom stereocenters. The Morgan fingerprint density at radius 2 is 2.00 bits per heavy atom. The van der Waals surface area contributed by atoms with Crippen molar-refractivity contribution < 1.29 is 31.1 Å². The van der Waals surface area contributed by atoms with Gasteiger partial charge in [-0.25, -0.2) is 22.2 Å². The Labute approximate surface area is 196 Å². The van der Waals surface area contributed by atoms with Crippen LogP contribution in [0.3, 0.4) is 0 Å². The van der Waals surface area contributed by atoms with Gasteiger partial charge in [0.1, 0.15) is 24.6 Å². The van der Waals surface area contributed by atoms with Crippen molar-refractivity contribution in [3.05, 3.63) is 58.9 Å². The molecule has 4 rings (SSSR count). The lowest BCUT2D eigenvalue weighted by molar-refractivity contribution is -0.117. The minimum Gasteiger partial charge on any atom is -0.487 e. The van der Waals surface area contributed by atoms with E-state index in [4.69, 9.17) is 4.74 Å². The zero-order valence-electron chi connectivity index (χ0n) is 18.4. The van der Waals surface area contributed by atoms with Crippen LogP contribution in [0.4, 0.5) is 18.9 Å². The number of halogens is 3. The van der Waals surface area contributed by atoms with Gasteiger partial charge in [0.25, 0.3) is 5.91 Å². The maximum Gasteiger partial charge on any atom is 0.326 e. The highest BCUT2D eigenvalue weighted by Crippen LogP contribution is 2.40. The number of nitrogens with zero attached hydrogens (tertiary/aromatic N) is 1. The van der Waals surface area contributed by atoms with E-state index < -0.39 is 34.9 Å². The number of anilines is 1. The molecule has 2 N–H and O–H groups in total. The molecule has 1 amide bonds. The summed E-state index contributed by atoms with van der Waals surface area (Å²) in [6, 6.07) is 10.7. The Bertz CT molecular complexity index is 1150. The lowest BCUT2D eigenvalue weighted by Gasteiger charge is -2.29. The molecule has 1 saturated heterocycles. The summed E-state index contributed by atoms with van der Waals surface area (Å²) >= 11 is 0. The molecule has 0 saturated carbocycles. The quantitative estimate of drug-likeness (QED) is 0.520. The molecule has 11 heteroatoms. The van der Waals surface area contributed by atoms with Crippen LogP contribution in [0.25, 0.3) is 0 Å². The van der Waals surface area contributed by atoms with Gasteiger partial charge in [0.2, 0.25) is 6.43 Å². The van der Waals surface area contributed by atoms with E-state index in [2.05, 4.69) is 5.32 Å². The van der Waals surface area contributed by atoms with E-state index in [-0.39, 0.29) is 36.9 Å². The van der Waals surface area contributed by atoms with Gasteiger partial charge in [0.05, 0.1) is 0 Å². The first-order valence-corrected chi connectivity index (χ1v) is 12.5. The highest BCUT2D eigenvalue weighted by Gasteiger charge is 2.39. The second-order valence-electron chi connectivity index (χ2n) is 8.41. The van der Waals surface area contributed by atoms with Gasteiger partial charge >= 0.3 is 10.2 Å². The molecule has 184 valence electrons. The van der Waals surface area contributed by atoms with Crippen molar-refractivity contribution in [3.8, 4) is 5.75 Å². The highest BCUT2D eigenvalue weighted by atomic mass is 32.2. The molecule has 1 aliphatic heterocycles. The van der Waals surface area contributed by atoms with Gasteiger partial charge < -0.3 is 10.1 Å². The maximum absolute atomic E-state index is 15.9. The van der Waals surface area contributed by atoms with Crippen molar-refractivity contribution in [2.75, 3.05) is 17.4 Å². The molecular formula is C23H26F3N3O4S. The maximum atomic E-state index is 15.9.